The highest BCUT2D eigenvalue weighted by molar-refractivity contribution is 6.00. The number of carbonyl (C=O) groups is 2. The molecule has 0 saturated heterocycles. The molecule has 22 heavy (non-hydrogen) atoms. The molecule has 0 aliphatic carbocycles. The summed E-state index contributed by atoms with van der Waals surface area (Å²) in [6.07, 6.45) is 1.68. The highest BCUT2D eigenvalue weighted by atomic mass is 35.5. The van der Waals surface area contributed by atoms with Crippen LogP contribution in [0.3, 0.4) is 0 Å². The third kappa shape index (κ3) is 4.23. The maximum atomic E-state index is 12.0. The van der Waals surface area contributed by atoms with E-state index in [1.165, 1.54) is 13.3 Å². The second kappa shape index (κ2) is 7.46. The Morgan fingerprint density at radius 2 is 2.14 bits per heavy atom. The molecule has 8 heteroatoms. The third-order valence-electron chi connectivity index (χ3n) is 2.83. The normalized spacial score (nSPS) is 9.73. The number of nitrogens with one attached hydrogen (secondary N) is 2. The molecule has 2 heterocycles. The number of hydrogen-bond donors (Lipinski definition) is 3. The number of anilines is 2. The average Bonchev–Trinajstić information content (AvgIpc) is 2.78. The van der Waals surface area contributed by atoms with Crippen LogP contribution in [0, 0.1) is 6.92 Å². The summed E-state index contributed by atoms with van der Waals surface area (Å²) in [6.45, 7) is 1.78. The van der Waals surface area contributed by atoms with Crippen LogP contribution < -0.4 is 11.1 Å². The molecule has 0 unspecified atom stereocenters. The molecule has 0 saturated carbocycles. The monoisotopic (exact) mass is 324 g/mol. The van der Waals surface area contributed by atoms with E-state index in [1.54, 1.807) is 25.1 Å². The van der Waals surface area contributed by atoms with Gasteiger partial charge in [-0.25, -0.2) is 9.78 Å². The number of hydrogen-bond acceptors (Lipinski definition) is 5. The van der Waals surface area contributed by atoms with Gasteiger partial charge in [0.1, 0.15) is 11.5 Å². The van der Waals surface area contributed by atoms with Gasteiger partial charge in [-0.05, 0) is 30.7 Å². The molecule has 0 radical (unpaired) electrons. The van der Waals surface area contributed by atoms with Gasteiger partial charge in [0.25, 0.3) is 0 Å². The molecule has 0 atom stereocenters. The van der Waals surface area contributed by atoms with E-state index in [9.17, 15) is 9.59 Å². The van der Waals surface area contributed by atoms with Crippen molar-refractivity contribution >= 4 is 35.8 Å². The quantitative estimate of drug-likeness (QED) is 0.741. The Kier molecular flexibility index (Phi) is 5.94. The van der Waals surface area contributed by atoms with Gasteiger partial charge < -0.3 is 20.8 Å². The van der Waals surface area contributed by atoms with Crippen LogP contribution in [0.5, 0.6) is 0 Å². The molecule has 0 fully saturated rings. The number of aromatic amines is 1. The first-order valence-corrected chi connectivity index (χ1v) is 6.27. The first-order chi connectivity index (χ1) is 9.99. The van der Waals surface area contributed by atoms with Crippen molar-refractivity contribution in [1.82, 2.24) is 9.97 Å². The Hall–Kier alpha value is -2.54. The zero-order valence-electron chi connectivity index (χ0n) is 12.2. The van der Waals surface area contributed by atoms with E-state index >= 15 is 0 Å². The lowest BCUT2D eigenvalue weighted by molar-refractivity contribution is -0.115. The van der Waals surface area contributed by atoms with Crippen LogP contribution in [0.1, 0.15) is 21.7 Å². The van der Waals surface area contributed by atoms with Gasteiger partial charge in [0.05, 0.1) is 19.2 Å². The molecule has 0 aliphatic heterocycles. The van der Waals surface area contributed by atoms with Gasteiger partial charge in [-0.3, -0.25) is 4.79 Å². The average molecular weight is 325 g/mol. The van der Waals surface area contributed by atoms with Crippen molar-refractivity contribution in [3.8, 4) is 0 Å². The number of pyridine rings is 1. The topological polar surface area (TPSA) is 110 Å². The van der Waals surface area contributed by atoms with Crippen molar-refractivity contribution in [2.24, 2.45) is 0 Å². The Morgan fingerprint density at radius 3 is 2.77 bits per heavy atom. The van der Waals surface area contributed by atoms with Crippen molar-refractivity contribution in [1.29, 1.82) is 0 Å². The zero-order chi connectivity index (χ0) is 15.4. The minimum absolute atomic E-state index is 0. The number of amides is 1. The number of nitrogen functional groups attached to an aromatic ring is 1. The SMILES string of the molecule is COC(=O)c1[nH]c(C)cc1NC(=O)Cc1ccnc(N)c1.Cl. The van der Waals surface area contributed by atoms with Crippen molar-refractivity contribution in [2.45, 2.75) is 13.3 Å². The molecule has 7 nitrogen and oxygen atoms in total. The van der Waals surface area contributed by atoms with Gasteiger partial charge in [-0.2, -0.15) is 0 Å². The van der Waals surface area contributed by atoms with Crippen LogP contribution in [-0.2, 0) is 16.0 Å². The van der Waals surface area contributed by atoms with Crippen LogP contribution in [0.4, 0.5) is 11.5 Å². The summed E-state index contributed by atoms with van der Waals surface area (Å²) in [6, 6.07) is 5.01. The Balaban J connectivity index is 0.00000242. The molecule has 4 N–H and O–H groups in total. The van der Waals surface area contributed by atoms with E-state index < -0.39 is 5.97 Å². The zero-order valence-corrected chi connectivity index (χ0v) is 13.0. The molecule has 2 aromatic heterocycles. The number of nitrogens with two attached hydrogens (primary N) is 1. The number of nitrogens with zero attached hydrogens (tertiary/aromatic N) is 1. The lowest BCUT2D eigenvalue weighted by Crippen LogP contribution is -2.16. The Morgan fingerprint density at radius 1 is 1.41 bits per heavy atom. The number of ether oxygens (including phenoxy) is 1. The lowest BCUT2D eigenvalue weighted by atomic mass is 10.2. The van der Waals surface area contributed by atoms with Crippen LogP contribution in [0.2, 0.25) is 0 Å². The Bertz CT molecular complexity index is 684. The number of aryl methyl sites for hydroxylation is 1. The van der Waals surface area contributed by atoms with Crippen LogP contribution >= 0.6 is 12.4 Å². The number of rotatable bonds is 4. The second-order valence-corrected chi connectivity index (χ2v) is 4.55. The largest absolute Gasteiger partial charge is 0.464 e. The highest BCUT2D eigenvalue weighted by Gasteiger charge is 2.17. The number of methoxy groups -OCH3 is 1. The molecule has 0 aromatic carbocycles. The van der Waals surface area contributed by atoms with Gasteiger partial charge in [0, 0.05) is 11.9 Å². The molecule has 2 rings (SSSR count). The fourth-order valence-electron chi connectivity index (χ4n) is 1.94. The number of carbonyl (C=O) groups excluding carboxylic acids is 2. The summed E-state index contributed by atoms with van der Waals surface area (Å²) < 4.78 is 4.66. The first kappa shape index (κ1) is 17.5. The summed E-state index contributed by atoms with van der Waals surface area (Å²) in [5, 5.41) is 2.68. The standard InChI is InChI=1S/C14H16N4O3.ClH/c1-8-5-10(13(17-8)14(20)21-2)18-12(19)7-9-3-4-16-11(15)6-9;/h3-6,17H,7H2,1-2H3,(H2,15,16)(H,18,19);1H. The van der Waals surface area contributed by atoms with Crippen LogP contribution in [-0.4, -0.2) is 29.0 Å². The maximum Gasteiger partial charge on any atom is 0.356 e. The van der Waals surface area contributed by atoms with E-state index in [1.807, 2.05) is 0 Å². The number of halogens is 1. The Labute approximate surface area is 133 Å². The summed E-state index contributed by atoms with van der Waals surface area (Å²) >= 11 is 0. The van der Waals surface area contributed by atoms with Crippen molar-refractivity contribution < 1.29 is 14.3 Å². The van der Waals surface area contributed by atoms with Gasteiger partial charge >= 0.3 is 5.97 Å². The molecule has 0 bridgehead atoms. The van der Waals surface area contributed by atoms with E-state index in [2.05, 4.69) is 20.0 Å². The van der Waals surface area contributed by atoms with E-state index in [0.717, 1.165) is 11.3 Å². The molecule has 0 spiro atoms. The molecule has 1 amide bonds. The first-order valence-electron chi connectivity index (χ1n) is 6.27. The minimum Gasteiger partial charge on any atom is -0.464 e. The fraction of sp³-hybridized carbons (Fsp3) is 0.214. The van der Waals surface area contributed by atoms with Gasteiger partial charge in [-0.15, -0.1) is 12.4 Å². The van der Waals surface area contributed by atoms with Gasteiger partial charge in [0.2, 0.25) is 5.91 Å². The molecular weight excluding hydrogens is 308 g/mol. The predicted molar refractivity (Wildman–Crippen MR) is 85.1 cm³/mol. The van der Waals surface area contributed by atoms with Crippen molar-refractivity contribution in [2.75, 3.05) is 18.2 Å². The lowest BCUT2D eigenvalue weighted by Gasteiger charge is -2.06. The van der Waals surface area contributed by atoms with Gasteiger partial charge in [0.15, 0.2) is 0 Å². The molecular formula is C14H17ClN4O3. The molecule has 0 aliphatic rings. The summed E-state index contributed by atoms with van der Waals surface area (Å²) in [4.78, 5) is 30.3. The number of H-pyrrole nitrogens is 1. The van der Waals surface area contributed by atoms with Crippen LogP contribution in [0.15, 0.2) is 24.4 Å². The third-order valence-corrected chi connectivity index (χ3v) is 2.83. The van der Waals surface area contributed by atoms with E-state index in [4.69, 9.17) is 5.73 Å². The molecule has 118 valence electrons. The predicted octanol–water partition coefficient (Wildman–Crippen LogP) is 1.69. The summed E-state index contributed by atoms with van der Waals surface area (Å²) in [7, 11) is 1.28. The summed E-state index contributed by atoms with van der Waals surface area (Å²) in [5.41, 5.74) is 7.67. The van der Waals surface area contributed by atoms with Crippen LogP contribution in [0.25, 0.3) is 0 Å². The number of aromatic nitrogens is 2. The molecule has 2 aromatic rings. The van der Waals surface area contributed by atoms with Crippen molar-refractivity contribution in [3.63, 3.8) is 0 Å². The maximum absolute atomic E-state index is 12.0. The summed E-state index contributed by atoms with van der Waals surface area (Å²) in [5.74, 6) is -0.440. The van der Waals surface area contributed by atoms with Gasteiger partial charge in [-0.1, -0.05) is 0 Å². The van der Waals surface area contributed by atoms with Crippen molar-refractivity contribution in [3.05, 3.63) is 41.3 Å². The highest BCUT2D eigenvalue weighted by Crippen LogP contribution is 2.18. The number of esters is 1. The second-order valence-electron chi connectivity index (χ2n) is 4.55. The minimum atomic E-state index is -0.536. The fourth-order valence-corrected chi connectivity index (χ4v) is 1.94. The smallest absolute Gasteiger partial charge is 0.356 e. The van der Waals surface area contributed by atoms with E-state index in [0.29, 0.717) is 11.5 Å². The van der Waals surface area contributed by atoms with E-state index in [-0.39, 0.29) is 30.4 Å².